The minimum atomic E-state index is -0.918. The van der Waals surface area contributed by atoms with Gasteiger partial charge in [0.15, 0.2) is 0 Å². The molecule has 0 spiro atoms. The third kappa shape index (κ3) is 2.70. The van der Waals surface area contributed by atoms with E-state index < -0.39 is 12.1 Å². The average molecular weight is 316 g/mol. The molecule has 2 aliphatic heterocycles. The fraction of sp³-hybridized carbons (Fsp3) is 0.412. The number of carboxylic acids is 1. The molecule has 0 saturated carbocycles. The average Bonchev–Trinajstić information content (AvgIpc) is 2.78. The second kappa shape index (κ2) is 6.04. The first-order valence-corrected chi connectivity index (χ1v) is 7.70. The highest BCUT2D eigenvalue weighted by Crippen LogP contribution is 2.45. The van der Waals surface area contributed by atoms with Gasteiger partial charge in [-0.05, 0) is 30.0 Å². The lowest BCUT2D eigenvalue weighted by Gasteiger charge is -2.47. The number of aliphatic hydroxyl groups is 1. The Labute approximate surface area is 134 Å². The summed E-state index contributed by atoms with van der Waals surface area (Å²) in [6.07, 6.45) is 0.864. The van der Waals surface area contributed by atoms with Gasteiger partial charge in [-0.2, -0.15) is 0 Å². The van der Waals surface area contributed by atoms with E-state index in [0.29, 0.717) is 31.6 Å². The molecule has 1 amide bonds. The number of nitrogens with zero attached hydrogens (tertiary/aromatic N) is 1. The van der Waals surface area contributed by atoms with Crippen molar-refractivity contribution >= 4 is 18.0 Å². The molecule has 3 N–H and O–H groups in total. The number of fused-ring (bicyclic) bond motifs is 1. The second-order valence-electron chi connectivity index (χ2n) is 6.16. The van der Waals surface area contributed by atoms with Crippen molar-refractivity contribution in [2.45, 2.75) is 32.0 Å². The van der Waals surface area contributed by atoms with Crippen molar-refractivity contribution < 1.29 is 19.8 Å². The number of hydrogen-bond acceptors (Lipinski definition) is 4. The Hall–Kier alpha value is -2.34. The van der Waals surface area contributed by atoms with Crippen molar-refractivity contribution in [3.8, 4) is 0 Å². The zero-order chi connectivity index (χ0) is 16.6. The summed E-state index contributed by atoms with van der Waals surface area (Å²) < 4.78 is 0. The van der Waals surface area contributed by atoms with Gasteiger partial charge >= 0.3 is 5.97 Å². The zero-order valence-corrected chi connectivity index (χ0v) is 12.9. The maximum Gasteiger partial charge on any atom is 0.352 e. The van der Waals surface area contributed by atoms with Crippen LogP contribution in [-0.4, -0.2) is 46.2 Å². The topological polar surface area (TPSA) is 89.9 Å². The van der Waals surface area contributed by atoms with Crippen molar-refractivity contribution in [2.24, 2.45) is 5.92 Å². The van der Waals surface area contributed by atoms with Crippen LogP contribution in [0.1, 0.15) is 24.5 Å². The smallest absolute Gasteiger partial charge is 0.352 e. The predicted octanol–water partition coefficient (Wildman–Crippen LogP) is 0.813. The van der Waals surface area contributed by atoms with Crippen LogP contribution >= 0.6 is 0 Å². The van der Waals surface area contributed by atoms with Crippen LogP contribution in [-0.2, 0) is 16.1 Å². The van der Waals surface area contributed by atoms with Gasteiger partial charge in [0.25, 0.3) is 0 Å². The van der Waals surface area contributed by atoms with Crippen molar-refractivity contribution in [1.82, 2.24) is 10.2 Å². The van der Waals surface area contributed by atoms with Crippen molar-refractivity contribution in [3.63, 3.8) is 0 Å². The molecule has 122 valence electrons. The zero-order valence-electron chi connectivity index (χ0n) is 12.9. The van der Waals surface area contributed by atoms with E-state index in [2.05, 4.69) is 5.32 Å². The number of aliphatic carboxylic acids is 1. The van der Waals surface area contributed by atoms with Gasteiger partial charge in [-0.1, -0.05) is 24.3 Å². The van der Waals surface area contributed by atoms with Crippen LogP contribution in [0, 0.1) is 5.92 Å². The van der Waals surface area contributed by atoms with Crippen LogP contribution in [0.3, 0.4) is 0 Å². The lowest BCUT2D eigenvalue weighted by Crippen LogP contribution is -2.57. The standard InChI is InChI=1S/C17H20N2O4/c1-10(21)14-8-19-15(14)6-13(16(19)17(22)23)12-4-2-11(3-5-12)7-18-9-20/h2-5,9-10,14-15,21H,6-8H2,1H3,(H,18,20)(H,22,23). The molecular weight excluding hydrogens is 296 g/mol. The number of carbonyl (C=O) groups excluding carboxylic acids is 1. The largest absolute Gasteiger partial charge is 0.477 e. The SMILES string of the molecule is CC(O)C1CN2C(C(=O)O)=C(c3ccc(CNC=O)cc3)CC12. The third-order valence-electron chi connectivity index (χ3n) is 4.80. The van der Waals surface area contributed by atoms with Crippen molar-refractivity contribution in [2.75, 3.05) is 6.54 Å². The van der Waals surface area contributed by atoms with Gasteiger partial charge in [0.05, 0.1) is 6.10 Å². The van der Waals surface area contributed by atoms with E-state index >= 15 is 0 Å². The third-order valence-corrected chi connectivity index (χ3v) is 4.80. The Balaban J connectivity index is 1.85. The molecule has 6 heteroatoms. The van der Waals surface area contributed by atoms with Crippen LogP contribution in [0.5, 0.6) is 0 Å². The van der Waals surface area contributed by atoms with Gasteiger partial charge < -0.3 is 20.4 Å². The van der Waals surface area contributed by atoms with E-state index in [9.17, 15) is 19.8 Å². The molecule has 3 unspecified atom stereocenters. The van der Waals surface area contributed by atoms with Gasteiger partial charge in [0, 0.05) is 25.0 Å². The maximum absolute atomic E-state index is 11.6. The molecule has 3 rings (SSSR count). The maximum atomic E-state index is 11.6. The molecule has 2 aliphatic rings. The van der Waals surface area contributed by atoms with Crippen LogP contribution < -0.4 is 5.32 Å². The van der Waals surface area contributed by atoms with Crippen LogP contribution in [0.15, 0.2) is 30.0 Å². The van der Waals surface area contributed by atoms with Crippen molar-refractivity contribution in [3.05, 3.63) is 41.1 Å². The first-order valence-electron chi connectivity index (χ1n) is 7.70. The van der Waals surface area contributed by atoms with E-state index in [4.69, 9.17) is 0 Å². The van der Waals surface area contributed by atoms with E-state index in [1.165, 1.54) is 0 Å². The molecule has 0 bridgehead atoms. The number of carbonyl (C=O) groups is 2. The number of hydrogen-bond donors (Lipinski definition) is 3. The first-order chi connectivity index (χ1) is 11.0. The Morgan fingerprint density at radius 2 is 2.13 bits per heavy atom. The molecule has 6 nitrogen and oxygen atoms in total. The summed E-state index contributed by atoms with van der Waals surface area (Å²) in [5.74, 6) is -0.795. The van der Waals surface area contributed by atoms with E-state index in [1.54, 1.807) is 6.92 Å². The minimum Gasteiger partial charge on any atom is -0.477 e. The van der Waals surface area contributed by atoms with Gasteiger partial charge in [-0.3, -0.25) is 4.79 Å². The second-order valence-corrected chi connectivity index (χ2v) is 6.16. The monoisotopic (exact) mass is 316 g/mol. The molecule has 1 aromatic carbocycles. The molecule has 0 aromatic heterocycles. The molecule has 3 atom stereocenters. The van der Waals surface area contributed by atoms with E-state index in [-0.39, 0.29) is 12.0 Å². The number of nitrogens with one attached hydrogen (secondary N) is 1. The van der Waals surface area contributed by atoms with Gasteiger partial charge in [-0.15, -0.1) is 0 Å². The Kier molecular flexibility index (Phi) is 4.09. The molecule has 1 fully saturated rings. The van der Waals surface area contributed by atoms with E-state index in [0.717, 1.165) is 16.7 Å². The fourth-order valence-corrected chi connectivity index (χ4v) is 3.54. The quantitative estimate of drug-likeness (QED) is 0.676. The van der Waals surface area contributed by atoms with Crippen molar-refractivity contribution in [1.29, 1.82) is 0 Å². The van der Waals surface area contributed by atoms with E-state index in [1.807, 2.05) is 29.2 Å². The summed E-state index contributed by atoms with van der Waals surface area (Å²) in [6, 6.07) is 7.64. The molecule has 23 heavy (non-hydrogen) atoms. The van der Waals surface area contributed by atoms with Crippen LogP contribution in [0.25, 0.3) is 5.57 Å². The fourth-order valence-electron chi connectivity index (χ4n) is 3.54. The summed E-state index contributed by atoms with van der Waals surface area (Å²) in [5, 5.41) is 21.9. The summed E-state index contributed by atoms with van der Waals surface area (Å²) in [4.78, 5) is 23.9. The van der Waals surface area contributed by atoms with Crippen LogP contribution in [0.4, 0.5) is 0 Å². The molecule has 2 heterocycles. The number of rotatable bonds is 6. The Bertz CT molecular complexity index is 651. The lowest BCUT2D eigenvalue weighted by molar-refractivity contribution is -0.136. The molecular formula is C17H20N2O4. The number of amides is 1. The normalized spacial score (nSPS) is 24.0. The number of carboxylic acid groups (broad SMARTS) is 1. The summed E-state index contributed by atoms with van der Waals surface area (Å²) in [7, 11) is 0. The van der Waals surface area contributed by atoms with Gasteiger partial charge in [0.2, 0.25) is 6.41 Å². The first kappa shape index (κ1) is 15.6. The Morgan fingerprint density at radius 1 is 1.43 bits per heavy atom. The summed E-state index contributed by atoms with van der Waals surface area (Å²) >= 11 is 0. The summed E-state index contributed by atoms with van der Waals surface area (Å²) in [6.45, 7) is 2.80. The predicted molar refractivity (Wildman–Crippen MR) is 84.2 cm³/mol. The lowest BCUT2D eigenvalue weighted by atomic mass is 9.83. The molecule has 1 aromatic rings. The van der Waals surface area contributed by atoms with Gasteiger partial charge in [-0.25, -0.2) is 4.79 Å². The molecule has 0 aliphatic carbocycles. The highest BCUT2D eigenvalue weighted by molar-refractivity contribution is 5.97. The molecule has 1 saturated heterocycles. The summed E-state index contributed by atoms with van der Waals surface area (Å²) in [5.41, 5.74) is 3.02. The number of aliphatic hydroxyl groups excluding tert-OH is 1. The molecule has 0 radical (unpaired) electrons. The minimum absolute atomic E-state index is 0.0764. The van der Waals surface area contributed by atoms with Crippen LogP contribution in [0.2, 0.25) is 0 Å². The number of benzene rings is 1. The Morgan fingerprint density at radius 3 is 2.70 bits per heavy atom. The highest BCUT2D eigenvalue weighted by Gasteiger charge is 2.49. The van der Waals surface area contributed by atoms with Gasteiger partial charge in [0.1, 0.15) is 5.70 Å². The highest BCUT2D eigenvalue weighted by atomic mass is 16.4.